The molecule has 2 rings (SSSR count). The van der Waals surface area contributed by atoms with E-state index >= 15 is 0 Å². The second-order valence-electron chi connectivity index (χ2n) is 4.92. The molecule has 9 heteroatoms. The summed E-state index contributed by atoms with van der Waals surface area (Å²) in [7, 11) is 1.87. The average molecular weight is 449 g/mol. The molecule has 2 N–H and O–H groups in total. The Morgan fingerprint density at radius 1 is 1.35 bits per heavy atom. The lowest BCUT2D eigenvalue weighted by Gasteiger charge is -2.10. The first kappa shape index (κ1) is 19.8. The summed E-state index contributed by atoms with van der Waals surface area (Å²) in [6.45, 7) is 8.33. The standard InChI is InChI=1S/C14H23N7S.HI/c1-5-15-14(17-8-12-18-9-19-21(12)4)16-7-6-13-20-10(2)11(3)22-13;/h9H,5-8H2,1-4H3,(H2,15,16,17);1H. The van der Waals surface area contributed by atoms with Gasteiger partial charge in [0.1, 0.15) is 18.7 Å². The first-order valence-electron chi connectivity index (χ1n) is 7.38. The normalized spacial score (nSPS) is 11.2. The highest BCUT2D eigenvalue weighted by molar-refractivity contribution is 14.0. The highest BCUT2D eigenvalue weighted by atomic mass is 127. The minimum atomic E-state index is 0. The van der Waals surface area contributed by atoms with Crippen LogP contribution < -0.4 is 10.6 Å². The van der Waals surface area contributed by atoms with Gasteiger partial charge in [0.15, 0.2) is 5.96 Å². The van der Waals surface area contributed by atoms with E-state index in [-0.39, 0.29) is 24.0 Å². The van der Waals surface area contributed by atoms with Crippen LogP contribution in [0.1, 0.15) is 28.3 Å². The first-order chi connectivity index (χ1) is 10.6. The van der Waals surface area contributed by atoms with E-state index in [9.17, 15) is 0 Å². The van der Waals surface area contributed by atoms with Gasteiger partial charge in [0.05, 0.1) is 10.7 Å². The Hall–Kier alpha value is -1.23. The topological polar surface area (TPSA) is 80.0 Å². The summed E-state index contributed by atoms with van der Waals surface area (Å²) in [5.74, 6) is 1.62. The van der Waals surface area contributed by atoms with Gasteiger partial charge in [-0.2, -0.15) is 5.10 Å². The van der Waals surface area contributed by atoms with Crippen LogP contribution in [0.2, 0.25) is 0 Å². The Balaban J connectivity index is 0.00000264. The Bertz CT molecular complexity index is 615. The lowest BCUT2D eigenvalue weighted by molar-refractivity contribution is 0.697. The van der Waals surface area contributed by atoms with Crippen molar-refractivity contribution in [2.24, 2.45) is 12.0 Å². The molecule has 23 heavy (non-hydrogen) atoms. The molecule has 0 saturated carbocycles. The fraction of sp³-hybridized carbons (Fsp3) is 0.571. The zero-order valence-corrected chi connectivity index (χ0v) is 17.1. The Kier molecular flexibility index (Phi) is 8.45. The molecule has 0 aliphatic heterocycles. The van der Waals surface area contributed by atoms with E-state index in [4.69, 9.17) is 0 Å². The van der Waals surface area contributed by atoms with E-state index in [1.807, 2.05) is 14.0 Å². The number of nitrogens with one attached hydrogen (secondary N) is 2. The molecule has 0 atom stereocenters. The largest absolute Gasteiger partial charge is 0.357 e. The van der Waals surface area contributed by atoms with Crippen LogP contribution in [0.25, 0.3) is 0 Å². The second-order valence-corrected chi connectivity index (χ2v) is 6.21. The van der Waals surface area contributed by atoms with E-state index < -0.39 is 0 Å². The van der Waals surface area contributed by atoms with Crippen molar-refractivity contribution >= 4 is 41.3 Å². The fourth-order valence-corrected chi connectivity index (χ4v) is 2.82. The van der Waals surface area contributed by atoms with Gasteiger partial charge in [-0.25, -0.2) is 15.0 Å². The van der Waals surface area contributed by atoms with Crippen LogP contribution in [-0.2, 0) is 20.0 Å². The quantitative estimate of drug-likeness (QED) is 0.400. The van der Waals surface area contributed by atoms with Crippen LogP contribution in [0, 0.1) is 13.8 Å². The monoisotopic (exact) mass is 449 g/mol. The summed E-state index contributed by atoms with van der Waals surface area (Å²) in [5, 5.41) is 11.8. The van der Waals surface area contributed by atoms with Gasteiger partial charge in [-0.15, -0.1) is 35.3 Å². The number of aryl methyl sites for hydroxylation is 3. The summed E-state index contributed by atoms with van der Waals surface area (Å²) in [6.07, 6.45) is 2.44. The van der Waals surface area contributed by atoms with Crippen LogP contribution in [-0.4, -0.2) is 38.8 Å². The van der Waals surface area contributed by atoms with Crippen molar-refractivity contribution in [3.63, 3.8) is 0 Å². The lowest BCUT2D eigenvalue weighted by atomic mass is 10.4. The molecule has 7 nitrogen and oxygen atoms in total. The molecule has 0 spiro atoms. The number of hydrogen-bond acceptors (Lipinski definition) is 5. The number of hydrogen-bond donors (Lipinski definition) is 2. The van der Waals surface area contributed by atoms with Gasteiger partial charge in [0, 0.05) is 31.4 Å². The van der Waals surface area contributed by atoms with Crippen molar-refractivity contribution in [3.8, 4) is 0 Å². The van der Waals surface area contributed by atoms with Gasteiger partial charge in [0.2, 0.25) is 0 Å². The lowest BCUT2D eigenvalue weighted by Crippen LogP contribution is -2.38. The highest BCUT2D eigenvalue weighted by Crippen LogP contribution is 2.16. The Labute approximate surface area is 158 Å². The Morgan fingerprint density at radius 3 is 2.70 bits per heavy atom. The molecule has 0 aliphatic rings. The number of aromatic nitrogens is 4. The summed E-state index contributed by atoms with van der Waals surface area (Å²) in [6, 6.07) is 0. The predicted molar refractivity (Wildman–Crippen MR) is 105 cm³/mol. The van der Waals surface area contributed by atoms with Crippen molar-refractivity contribution in [3.05, 3.63) is 27.7 Å². The first-order valence-corrected chi connectivity index (χ1v) is 8.19. The van der Waals surface area contributed by atoms with E-state index in [2.05, 4.69) is 44.5 Å². The highest BCUT2D eigenvalue weighted by Gasteiger charge is 2.05. The van der Waals surface area contributed by atoms with Gasteiger partial charge >= 0.3 is 0 Å². The van der Waals surface area contributed by atoms with Crippen LogP contribution in [0.15, 0.2) is 11.3 Å². The molecule has 2 aromatic rings. The van der Waals surface area contributed by atoms with E-state index in [1.54, 1.807) is 22.3 Å². The molecule has 0 aromatic carbocycles. The van der Waals surface area contributed by atoms with Crippen LogP contribution in [0.5, 0.6) is 0 Å². The van der Waals surface area contributed by atoms with Crippen LogP contribution >= 0.6 is 35.3 Å². The summed E-state index contributed by atoms with van der Waals surface area (Å²) < 4.78 is 1.73. The van der Waals surface area contributed by atoms with Gasteiger partial charge in [0.25, 0.3) is 0 Å². The minimum absolute atomic E-state index is 0. The molecule has 2 heterocycles. The van der Waals surface area contributed by atoms with Gasteiger partial charge in [-0.1, -0.05) is 0 Å². The number of halogens is 1. The minimum Gasteiger partial charge on any atom is -0.357 e. The van der Waals surface area contributed by atoms with Gasteiger partial charge in [-0.05, 0) is 20.8 Å². The number of rotatable bonds is 6. The molecular formula is C14H24IN7S. The zero-order valence-electron chi connectivity index (χ0n) is 14.0. The molecule has 0 fully saturated rings. The molecule has 2 aromatic heterocycles. The third-order valence-corrected chi connectivity index (χ3v) is 4.36. The molecule has 128 valence electrons. The average Bonchev–Trinajstić information content (AvgIpc) is 3.02. The maximum absolute atomic E-state index is 4.55. The van der Waals surface area contributed by atoms with Crippen molar-refractivity contribution in [2.45, 2.75) is 33.7 Å². The molecule has 0 saturated heterocycles. The van der Waals surface area contributed by atoms with Crippen molar-refractivity contribution < 1.29 is 0 Å². The van der Waals surface area contributed by atoms with E-state index in [0.717, 1.165) is 42.0 Å². The second kappa shape index (κ2) is 9.81. The van der Waals surface area contributed by atoms with E-state index in [1.165, 1.54) is 4.88 Å². The van der Waals surface area contributed by atoms with Crippen molar-refractivity contribution in [1.29, 1.82) is 0 Å². The Morgan fingerprint density at radius 2 is 2.13 bits per heavy atom. The third-order valence-electron chi connectivity index (χ3n) is 3.23. The SMILES string of the molecule is CCNC(=NCc1ncnn1C)NCCc1nc(C)c(C)s1.I. The number of aliphatic imine (C=N–C) groups is 1. The molecular weight excluding hydrogens is 425 g/mol. The molecule has 0 bridgehead atoms. The maximum Gasteiger partial charge on any atom is 0.191 e. The third kappa shape index (κ3) is 6.05. The number of nitrogens with zero attached hydrogens (tertiary/aromatic N) is 5. The molecule has 0 amide bonds. The number of thiazole rings is 1. The number of guanidine groups is 1. The van der Waals surface area contributed by atoms with Crippen LogP contribution in [0.4, 0.5) is 0 Å². The molecule has 0 aliphatic carbocycles. The van der Waals surface area contributed by atoms with Gasteiger partial charge in [-0.3, -0.25) is 4.68 Å². The molecule has 0 unspecified atom stereocenters. The van der Waals surface area contributed by atoms with Crippen molar-refractivity contribution in [1.82, 2.24) is 30.4 Å². The van der Waals surface area contributed by atoms with E-state index in [0.29, 0.717) is 6.54 Å². The van der Waals surface area contributed by atoms with Crippen molar-refractivity contribution in [2.75, 3.05) is 13.1 Å². The van der Waals surface area contributed by atoms with Crippen LogP contribution in [0.3, 0.4) is 0 Å². The fourth-order valence-electron chi connectivity index (χ4n) is 1.89. The molecule has 0 radical (unpaired) electrons. The summed E-state index contributed by atoms with van der Waals surface area (Å²) in [5.41, 5.74) is 1.13. The maximum atomic E-state index is 4.55. The summed E-state index contributed by atoms with van der Waals surface area (Å²) in [4.78, 5) is 14.5. The van der Waals surface area contributed by atoms with Gasteiger partial charge < -0.3 is 10.6 Å². The summed E-state index contributed by atoms with van der Waals surface area (Å²) >= 11 is 1.76. The predicted octanol–water partition coefficient (Wildman–Crippen LogP) is 1.80. The smallest absolute Gasteiger partial charge is 0.191 e. The zero-order chi connectivity index (χ0) is 15.9.